The minimum atomic E-state index is -0.168. The van der Waals surface area contributed by atoms with Gasteiger partial charge in [-0.05, 0) is 84.6 Å². The van der Waals surface area contributed by atoms with E-state index in [9.17, 15) is 9.59 Å². The standard InChI is InChI=1S/C13H25N3.C12H16O3.C9H17N3.C4H10.C3H7N3/c1-4-5-6-7-8-9-10-13-11-16(12(2)3)15-14-13;1-6(2)9-7(3)11(14)12(15-5)8(4)10(9)13;1-4-5-6-9-7-12(8(2)3)11-10-9;1-4(2)3;1-3(2)5-6-4/h11-12H,4-10H2,1-3H3;6H,1-5H3;7-8H,4-6H2,1-3H3;4H,1-3H3;3H,1-2H3. The lowest BCUT2D eigenvalue weighted by Crippen LogP contribution is -2.25. The molecule has 0 spiro atoms. The van der Waals surface area contributed by atoms with Crippen LogP contribution in [0.3, 0.4) is 0 Å². The van der Waals surface area contributed by atoms with E-state index in [0.717, 1.165) is 30.1 Å². The highest BCUT2D eigenvalue weighted by Gasteiger charge is 2.32. The number of carbonyl (C=O) groups excluding carboxylic acids is 2. The number of allylic oxidation sites excluding steroid dienone is 3. The van der Waals surface area contributed by atoms with Gasteiger partial charge in [-0.3, -0.25) is 9.59 Å². The first kappa shape index (κ1) is 51.3. The van der Waals surface area contributed by atoms with Crippen LogP contribution in [0.1, 0.15) is 179 Å². The van der Waals surface area contributed by atoms with Crippen molar-refractivity contribution in [3.05, 3.63) is 56.7 Å². The van der Waals surface area contributed by atoms with Gasteiger partial charge < -0.3 is 4.74 Å². The molecule has 0 amide bonds. The summed E-state index contributed by atoms with van der Waals surface area (Å²) in [6.45, 7) is 30.2. The molecule has 1 aliphatic rings. The van der Waals surface area contributed by atoms with Gasteiger partial charge >= 0.3 is 0 Å². The van der Waals surface area contributed by atoms with Gasteiger partial charge in [0.25, 0.3) is 0 Å². The topological polar surface area (TPSA) is 154 Å². The molecule has 0 N–H and O–H groups in total. The van der Waals surface area contributed by atoms with E-state index >= 15 is 0 Å². The minimum Gasteiger partial charge on any atom is -0.492 e. The molecular weight excluding hydrogens is 667 g/mol. The van der Waals surface area contributed by atoms with Gasteiger partial charge in [0.15, 0.2) is 11.5 Å². The first-order chi connectivity index (χ1) is 24.9. The SMILES string of the molecule is CC(C)C.CC(C)N=[N+]=[N-].CCCCCCCCc1cn(C(C)C)nn1.CCCCc1cn(C(C)C)nn1.COC1=C(C)C(=O)C(C(C)C)=C(C)C1=O. The number of aromatic nitrogens is 6. The Morgan fingerprint density at radius 2 is 1.13 bits per heavy atom. The molecule has 302 valence electrons. The van der Waals surface area contributed by atoms with Gasteiger partial charge in [0, 0.05) is 52.2 Å². The second-order valence-electron chi connectivity index (χ2n) is 15.2. The van der Waals surface area contributed by atoms with Crippen LogP contribution in [-0.2, 0) is 27.2 Å². The van der Waals surface area contributed by atoms with E-state index in [1.165, 1.54) is 58.5 Å². The smallest absolute Gasteiger partial charge is 0.224 e. The summed E-state index contributed by atoms with van der Waals surface area (Å²) in [7, 11) is 1.41. The number of nitrogens with zero attached hydrogens (tertiary/aromatic N) is 9. The molecule has 0 aromatic carbocycles. The van der Waals surface area contributed by atoms with E-state index in [1.54, 1.807) is 13.8 Å². The number of rotatable bonds is 15. The van der Waals surface area contributed by atoms with Gasteiger partial charge in [0.2, 0.25) is 5.78 Å². The summed E-state index contributed by atoms with van der Waals surface area (Å²) in [5, 5.41) is 19.7. The van der Waals surface area contributed by atoms with Crippen molar-refractivity contribution in [2.45, 2.75) is 186 Å². The van der Waals surface area contributed by atoms with Crippen molar-refractivity contribution in [3.8, 4) is 0 Å². The lowest BCUT2D eigenvalue weighted by atomic mass is 9.84. The highest BCUT2D eigenvalue weighted by atomic mass is 16.5. The van der Waals surface area contributed by atoms with Gasteiger partial charge in [0.1, 0.15) is 0 Å². The van der Waals surface area contributed by atoms with Gasteiger partial charge in [-0.2, -0.15) is 0 Å². The number of ether oxygens (including phenoxy) is 1. The van der Waals surface area contributed by atoms with E-state index in [2.05, 4.69) is 99.2 Å². The Kier molecular flexibility index (Phi) is 28.7. The second-order valence-corrected chi connectivity index (χ2v) is 15.2. The predicted molar refractivity (Wildman–Crippen MR) is 219 cm³/mol. The third kappa shape index (κ3) is 22.8. The van der Waals surface area contributed by atoms with Gasteiger partial charge in [-0.1, -0.05) is 116 Å². The minimum absolute atomic E-state index is 0.0646. The Labute approximate surface area is 322 Å². The Morgan fingerprint density at radius 3 is 1.47 bits per heavy atom. The van der Waals surface area contributed by atoms with Gasteiger partial charge in [-0.25, -0.2) is 9.36 Å². The summed E-state index contributed by atoms with van der Waals surface area (Å²) in [6, 6.07) is 0.952. The fraction of sp³-hybridized carbons (Fsp3) is 0.756. The Bertz CT molecular complexity index is 1410. The lowest BCUT2D eigenvalue weighted by Gasteiger charge is -2.21. The van der Waals surface area contributed by atoms with Crippen LogP contribution >= 0.6 is 0 Å². The van der Waals surface area contributed by atoms with Crippen molar-refractivity contribution in [1.82, 2.24) is 30.0 Å². The van der Waals surface area contributed by atoms with Crippen molar-refractivity contribution >= 4 is 11.6 Å². The molecule has 0 aliphatic heterocycles. The molecule has 0 bridgehead atoms. The number of unbranched alkanes of at least 4 members (excludes halogenated alkanes) is 6. The van der Waals surface area contributed by atoms with Crippen molar-refractivity contribution in [2.75, 3.05) is 7.11 Å². The first-order valence-electron chi connectivity index (χ1n) is 19.8. The van der Waals surface area contributed by atoms with Crippen molar-refractivity contribution in [2.24, 2.45) is 17.0 Å². The van der Waals surface area contributed by atoms with Crippen LogP contribution in [-0.4, -0.2) is 54.7 Å². The van der Waals surface area contributed by atoms with E-state index in [1.807, 2.05) is 43.3 Å². The monoisotopic (exact) mass is 742 g/mol. The number of Topliss-reactive ketones (excluding diaryl/α,β-unsaturated/α-hetero) is 2. The van der Waals surface area contributed by atoms with Gasteiger partial charge in [-0.15, -0.1) is 10.2 Å². The van der Waals surface area contributed by atoms with Gasteiger partial charge in [0.05, 0.1) is 18.5 Å². The van der Waals surface area contributed by atoms with E-state index in [4.69, 9.17) is 10.3 Å². The Balaban J connectivity index is 0. The van der Waals surface area contributed by atoms with Crippen LogP contribution in [0.15, 0.2) is 40.0 Å². The van der Waals surface area contributed by atoms with Crippen molar-refractivity contribution in [1.29, 1.82) is 0 Å². The van der Waals surface area contributed by atoms with Crippen LogP contribution in [0.25, 0.3) is 10.4 Å². The molecule has 2 heterocycles. The second kappa shape index (κ2) is 29.6. The van der Waals surface area contributed by atoms with Crippen molar-refractivity contribution in [3.63, 3.8) is 0 Å². The fourth-order valence-corrected chi connectivity index (χ4v) is 4.79. The van der Waals surface area contributed by atoms with Crippen LogP contribution in [0.4, 0.5) is 0 Å². The molecule has 53 heavy (non-hydrogen) atoms. The molecule has 1 aliphatic carbocycles. The lowest BCUT2D eigenvalue weighted by molar-refractivity contribution is -0.119. The number of hydrogen-bond donors (Lipinski definition) is 0. The molecule has 0 radical (unpaired) electrons. The average molecular weight is 742 g/mol. The summed E-state index contributed by atoms with van der Waals surface area (Å²) in [5.41, 5.74) is 11.5. The quantitative estimate of drug-likeness (QED) is 0.0578. The molecule has 12 nitrogen and oxygen atoms in total. The zero-order chi connectivity index (χ0) is 41.1. The fourth-order valence-electron chi connectivity index (χ4n) is 4.79. The maximum Gasteiger partial charge on any atom is 0.224 e. The highest BCUT2D eigenvalue weighted by molar-refractivity contribution is 6.24. The molecule has 0 unspecified atom stereocenters. The number of carbonyl (C=O) groups is 2. The third-order valence-corrected chi connectivity index (χ3v) is 7.69. The first-order valence-corrected chi connectivity index (χ1v) is 19.8. The average Bonchev–Trinajstić information content (AvgIpc) is 3.76. The molecule has 3 rings (SSSR count). The summed E-state index contributed by atoms with van der Waals surface area (Å²) in [5.74, 6) is 0.842. The largest absolute Gasteiger partial charge is 0.492 e. The number of aryl methyl sites for hydroxylation is 2. The molecule has 0 saturated carbocycles. The molecule has 2 aromatic rings. The molecule has 0 atom stereocenters. The number of hydrogen-bond acceptors (Lipinski definition) is 8. The molecule has 0 saturated heterocycles. The van der Waals surface area contributed by atoms with Crippen LogP contribution in [0.5, 0.6) is 0 Å². The zero-order valence-corrected chi connectivity index (χ0v) is 36.4. The summed E-state index contributed by atoms with van der Waals surface area (Å²) in [4.78, 5) is 26.3. The Morgan fingerprint density at radius 1 is 0.698 bits per heavy atom. The predicted octanol–water partition coefficient (Wildman–Crippen LogP) is 11.4. The van der Waals surface area contributed by atoms with E-state index in [-0.39, 0.29) is 29.3 Å². The van der Waals surface area contributed by atoms with Crippen LogP contribution in [0.2, 0.25) is 0 Å². The maximum absolute atomic E-state index is 11.9. The van der Waals surface area contributed by atoms with Crippen molar-refractivity contribution < 1.29 is 14.3 Å². The number of methoxy groups -OCH3 is 1. The molecule has 12 heteroatoms. The zero-order valence-electron chi connectivity index (χ0n) is 36.4. The van der Waals surface area contributed by atoms with E-state index < -0.39 is 0 Å². The van der Waals surface area contributed by atoms with E-state index in [0.29, 0.717) is 28.8 Å². The normalized spacial score (nSPS) is 12.5. The summed E-state index contributed by atoms with van der Waals surface area (Å²) >= 11 is 0. The molecule has 2 aromatic heterocycles. The summed E-state index contributed by atoms with van der Waals surface area (Å²) < 4.78 is 8.80. The molecular formula is C41H75N9O3. The van der Waals surface area contributed by atoms with Crippen LogP contribution in [0, 0.1) is 11.8 Å². The maximum atomic E-state index is 11.9. The third-order valence-electron chi connectivity index (χ3n) is 7.69. The molecule has 0 fully saturated rings. The van der Waals surface area contributed by atoms with Crippen LogP contribution < -0.4 is 0 Å². The highest BCUT2D eigenvalue weighted by Crippen LogP contribution is 2.29. The number of azide groups is 1. The number of ketones is 2. The summed E-state index contributed by atoms with van der Waals surface area (Å²) in [6.07, 6.45) is 16.7. The Hall–Kier alpha value is -3.79.